The van der Waals surface area contributed by atoms with Crippen LogP contribution in [-0.4, -0.2) is 71.8 Å². The second-order valence-electron chi connectivity index (χ2n) is 9.02. The molecule has 5 aromatic rings. The fourth-order valence-electron chi connectivity index (χ4n) is 4.81. The number of hydrogen-bond acceptors (Lipinski definition) is 8. The van der Waals surface area contributed by atoms with E-state index < -0.39 is 0 Å². The van der Waals surface area contributed by atoms with Gasteiger partial charge in [0.05, 0.1) is 31.6 Å². The molecule has 10 nitrogen and oxygen atoms in total. The van der Waals surface area contributed by atoms with Crippen molar-refractivity contribution in [2.24, 2.45) is 7.05 Å². The van der Waals surface area contributed by atoms with E-state index in [2.05, 4.69) is 32.5 Å². The normalized spacial score (nSPS) is 16.0. The van der Waals surface area contributed by atoms with E-state index in [1.54, 1.807) is 17.1 Å². The highest BCUT2D eigenvalue weighted by molar-refractivity contribution is 5.89. The van der Waals surface area contributed by atoms with E-state index >= 15 is 0 Å². The number of imidazole rings is 1. The Kier molecular flexibility index (Phi) is 6.11. The van der Waals surface area contributed by atoms with Crippen molar-refractivity contribution >= 4 is 17.0 Å². The zero-order valence-electron chi connectivity index (χ0n) is 20.8. The van der Waals surface area contributed by atoms with Crippen molar-refractivity contribution < 1.29 is 9.84 Å². The molecule has 1 atom stereocenters. The molecule has 0 radical (unpaired) electrons. The molecule has 1 unspecified atom stereocenters. The van der Waals surface area contributed by atoms with Crippen molar-refractivity contribution in [2.75, 3.05) is 31.3 Å². The second-order valence-corrected chi connectivity index (χ2v) is 9.02. The molecule has 0 spiro atoms. The van der Waals surface area contributed by atoms with Gasteiger partial charge in [0.15, 0.2) is 22.8 Å². The molecule has 0 aliphatic carbocycles. The fourth-order valence-corrected chi connectivity index (χ4v) is 4.81. The molecule has 1 saturated heterocycles. The van der Waals surface area contributed by atoms with E-state index in [4.69, 9.17) is 19.7 Å². The van der Waals surface area contributed by atoms with Gasteiger partial charge in [0.2, 0.25) is 0 Å². The number of aliphatic hydroxyl groups is 1. The van der Waals surface area contributed by atoms with Crippen LogP contribution in [0.25, 0.3) is 45.2 Å². The largest absolute Gasteiger partial charge is 0.394 e. The van der Waals surface area contributed by atoms with Crippen molar-refractivity contribution in [1.82, 2.24) is 34.3 Å². The average molecular weight is 497 g/mol. The van der Waals surface area contributed by atoms with E-state index in [0.717, 1.165) is 33.9 Å². The third kappa shape index (κ3) is 4.24. The maximum Gasteiger partial charge on any atom is 0.166 e. The van der Waals surface area contributed by atoms with E-state index in [0.29, 0.717) is 43.5 Å². The molecule has 5 heterocycles. The number of pyridine rings is 1. The molecule has 1 aromatic carbocycles. The molecule has 0 bridgehead atoms. The molecular weight excluding hydrogens is 468 g/mol. The summed E-state index contributed by atoms with van der Waals surface area (Å²) in [4.78, 5) is 21.4. The topological polar surface area (TPSA) is 107 Å². The summed E-state index contributed by atoms with van der Waals surface area (Å²) >= 11 is 0. The van der Waals surface area contributed by atoms with Gasteiger partial charge in [-0.2, -0.15) is 5.10 Å². The number of aromatic nitrogens is 7. The molecule has 37 heavy (non-hydrogen) atoms. The fraction of sp³-hybridized carbons (Fsp3) is 0.296. The van der Waals surface area contributed by atoms with Gasteiger partial charge in [0.25, 0.3) is 0 Å². The zero-order chi connectivity index (χ0) is 25.4. The Balaban J connectivity index is 1.57. The molecule has 0 saturated carbocycles. The maximum absolute atomic E-state index is 10.1. The predicted molar refractivity (Wildman–Crippen MR) is 141 cm³/mol. The van der Waals surface area contributed by atoms with Gasteiger partial charge in [0.1, 0.15) is 5.82 Å². The summed E-state index contributed by atoms with van der Waals surface area (Å²) in [7, 11) is 1.91. The van der Waals surface area contributed by atoms with Crippen molar-refractivity contribution in [3.8, 4) is 34.0 Å². The van der Waals surface area contributed by atoms with Crippen LogP contribution in [0.1, 0.15) is 6.92 Å². The molecule has 4 aromatic heterocycles. The number of rotatable bonds is 6. The van der Waals surface area contributed by atoms with E-state index in [1.807, 2.05) is 49.6 Å². The van der Waals surface area contributed by atoms with E-state index in [9.17, 15) is 5.11 Å². The summed E-state index contributed by atoms with van der Waals surface area (Å²) in [6, 6.07) is 13.8. The first-order valence-electron chi connectivity index (χ1n) is 12.4. The van der Waals surface area contributed by atoms with Crippen molar-refractivity contribution in [3.05, 3.63) is 61.1 Å². The molecule has 0 amide bonds. The highest BCUT2D eigenvalue weighted by Gasteiger charge is 2.29. The van der Waals surface area contributed by atoms with Crippen LogP contribution in [-0.2, 0) is 18.3 Å². The van der Waals surface area contributed by atoms with Gasteiger partial charge in [0, 0.05) is 55.4 Å². The van der Waals surface area contributed by atoms with Crippen LogP contribution in [0.5, 0.6) is 0 Å². The lowest BCUT2D eigenvalue weighted by molar-refractivity contribution is 0.0724. The summed E-state index contributed by atoms with van der Waals surface area (Å²) in [6.07, 6.45) is 5.45. The first-order chi connectivity index (χ1) is 18.2. The summed E-state index contributed by atoms with van der Waals surface area (Å²) < 4.78 is 9.55. The van der Waals surface area contributed by atoms with Crippen LogP contribution in [0.2, 0.25) is 0 Å². The number of aryl methyl sites for hydroxylation is 2. The third-order valence-corrected chi connectivity index (χ3v) is 6.67. The molecule has 1 fully saturated rings. The van der Waals surface area contributed by atoms with Crippen LogP contribution >= 0.6 is 0 Å². The van der Waals surface area contributed by atoms with Crippen molar-refractivity contribution in [2.45, 2.75) is 19.5 Å². The highest BCUT2D eigenvalue weighted by atomic mass is 16.5. The maximum atomic E-state index is 10.1. The lowest BCUT2D eigenvalue weighted by atomic mass is 10.1. The van der Waals surface area contributed by atoms with Crippen LogP contribution in [0.4, 0.5) is 5.82 Å². The van der Waals surface area contributed by atoms with Crippen LogP contribution < -0.4 is 4.90 Å². The number of ether oxygens (including phenoxy) is 1. The van der Waals surface area contributed by atoms with Gasteiger partial charge in [-0.05, 0) is 31.2 Å². The zero-order valence-corrected chi connectivity index (χ0v) is 20.8. The number of morpholine rings is 1. The first kappa shape index (κ1) is 23.3. The second kappa shape index (κ2) is 9.72. The number of fused-ring (bicyclic) bond motifs is 1. The SMILES string of the molecule is CCn1c(-c2ccncc2)nc2c(N3CCOCC3CO)nc(-c3cccc(-c4ccn(C)n4)c3)nc21. The van der Waals surface area contributed by atoms with Crippen LogP contribution in [0.15, 0.2) is 61.1 Å². The van der Waals surface area contributed by atoms with Gasteiger partial charge in [-0.3, -0.25) is 9.67 Å². The number of anilines is 1. The Hall–Kier alpha value is -4.15. The summed E-state index contributed by atoms with van der Waals surface area (Å²) in [6.45, 7) is 4.32. The van der Waals surface area contributed by atoms with Gasteiger partial charge < -0.3 is 19.3 Å². The Morgan fingerprint density at radius 1 is 1.03 bits per heavy atom. The van der Waals surface area contributed by atoms with Crippen LogP contribution in [0, 0.1) is 0 Å². The lowest BCUT2D eigenvalue weighted by Crippen LogP contribution is -2.48. The van der Waals surface area contributed by atoms with Gasteiger partial charge in [-0.15, -0.1) is 0 Å². The third-order valence-electron chi connectivity index (χ3n) is 6.67. The molecule has 188 valence electrons. The van der Waals surface area contributed by atoms with Gasteiger partial charge >= 0.3 is 0 Å². The Morgan fingerprint density at radius 3 is 2.62 bits per heavy atom. The molecule has 1 aliphatic rings. The monoisotopic (exact) mass is 496 g/mol. The van der Waals surface area contributed by atoms with Crippen molar-refractivity contribution in [1.29, 1.82) is 0 Å². The van der Waals surface area contributed by atoms with Gasteiger partial charge in [-0.25, -0.2) is 15.0 Å². The number of hydrogen-bond donors (Lipinski definition) is 1. The minimum atomic E-state index is -0.212. The number of aliphatic hydroxyl groups excluding tert-OH is 1. The predicted octanol–water partition coefficient (Wildman–Crippen LogP) is 3.17. The van der Waals surface area contributed by atoms with Crippen LogP contribution in [0.3, 0.4) is 0 Å². The summed E-state index contributed by atoms with van der Waals surface area (Å²) in [5.41, 5.74) is 5.18. The molecule has 1 aliphatic heterocycles. The lowest BCUT2D eigenvalue weighted by Gasteiger charge is -2.35. The summed E-state index contributed by atoms with van der Waals surface area (Å²) in [5, 5.41) is 14.7. The summed E-state index contributed by atoms with van der Waals surface area (Å²) in [5.74, 6) is 2.11. The number of benzene rings is 1. The van der Waals surface area contributed by atoms with E-state index in [-0.39, 0.29) is 12.6 Å². The van der Waals surface area contributed by atoms with Gasteiger partial charge in [-0.1, -0.05) is 18.2 Å². The first-order valence-corrected chi connectivity index (χ1v) is 12.4. The Labute approximate surface area is 214 Å². The average Bonchev–Trinajstić information content (AvgIpc) is 3.56. The highest BCUT2D eigenvalue weighted by Crippen LogP contribution is 2.33. The molecule has 10 heteroatoms. The Bertz CT molecular complexity index is 1550. The standard InChI is InChI=1S/C27H28N8O2/c1-3-34-25(18-7-10-28-11-8-18)29-23-26(34)30-24(31-27(23)35-13-14-37-17-21(35)16-36)20-6-4-5-19(15-20)22-9-12-33(2)32-22/h4-12,15,21,36H,3,13-14,16-17H2,1-2H3. The molecule has 1 N–H and O–H groups in total. The minimum absolute atomic E-state index is 0.0400. The van der Waals surface area contributed by atoms with Crippen molar-refractivity contribution in [3.63, 3.8) is 0 Å². The molecular formula is C27H28N8O2. The Morgan fingerprint density at radius 2 is 1.86 bits per heavy atom. The smallest absolute Gasteiger partial charge is 0.166 e. The van der Waals surface area contributed by atoms with E-state index in [1.165, 1.54) is 0 Å². The quantitative estimate of drug-likeness (QED) is 0.382. The minimum Gasteiger partial charge on any atom is -0.394 e. The molecule has 6 rings (SSSR count). The number of nitrogens with zero attached hydrogens (tertiary/aromatic N) is 8.